The first-order valence-corrected chi connectivity index (χ1v) is 5.66. The van der Waals surface area contributed by atoms with Crippen molar-refractivity contribution in [2.45, 2.75) is 6.92 Å². The number of rotatable bonds is 1. The van der Waals surface area contributed by atoms with Gasteiger partial charge in [0.2, 0.25) is 0 Å². The first-order valence-electron chi connectivity index (χ1n) is 5.66. The van der Waals surface area contributed by atoms with E-state index in [1.165, 1.54) is 0 Å². The minimum atomic E-state index is 0.736. The van der Waals surface area contributed by atoms with E-state index in [1.54, 1.807) is 23.3 Å². The van der Waals surface area contributed by atoms with Crippen LogP contribution in [0.15, 0.2) is 30.7 Å². The fraction of sp³-hybridized carbons (Fsp3) is 0.154. The van der Waals surface area contributed by atoms with E-state index < -0.39 is 0 Å². The van der Waals surface area contributed by atoms with Crippen LogP contribution in [0.3, 0.4) is 0 Å². The highest BCUT2D eigenvalue weighted by molar-refractivity contribution is 6.00. The normalized spacial score (nSPS) is 11.0. The van der Waals surface area contributed by atoms with Crippen LogP contribution in [0.25, 0.3) is 22.3 Å². The Bertz CT molecular complexity index is 715. The Labute approximate surface area is 104 Å². The van der Waals surface area contributed by atoms with Crippen molar-refractivity contribution in [2.75, 3.05) is 5.73 Å². The van der Waals surface area contributed by atoms with E-state index in [2.05, 4.69) is 15.1 Å². The highest BCUT2D eigenvalue weighted by Gasteiger charge is 2.15. The van der Waals surface area contributed by atoms with Gasteiger partial charge in [-0.2, -0.15) is 5.10 Å². The third-order valence-corrected chi connectivity index (χ3v) is 3.05. The lowest BCUT2D eigenvalue weighted by Crippen LogP contribution is -1.95. The van der Waals surface area contributed by atoms with Crippen molar-refractivity contribution < 1.29 is 0 Å². The highest BCUT2D eigenvalue weighted by atomic mass is 15.3. The van der Waals surface area contributed by atoms with Gasteiger partial charge in [-0.1, -0.05) is 0 Å². The highest BCUT2D eigenvalue weighted by Crippen LogP contribution is 2.31. The van der Waals surface area contributed by atoms with E-state index in [1.807, 2.05) is 26.1 Å². The Hall–Kier alpha value is -2.43. The van der Waals surface area contributed by atoms with Gasteiger partial charge in [-0.3, -0.25) is 4.98 Å². The Kier molecular flexibility index (Phi) is 2.26. The second-order valence-corrected chi connectivity index (χ2v) is 4.26. The Morgan fingerprint density at radius 3 is 2.67 bits per heavy atom. The molecule has 0 fully saturated rings. The number of hydrogen-bond donors (Lipinski definition) is 1. The van der Waals surface area contributed by atoms with Gasteiger partial charge in [-0.25, -0.2) is 9.67 Å². The van der Waals surface area contributed by atoms with Crippen molar-refractivity contribution in [3.05, 3.63) is 36.3 Å². The molecule has 5 heteroatoms. The van der Waals surface area contributed by atoms with Gasteiger partial charge in [0.15, 0.2) is 5.65 Å². The molecule has 18 heavy (non-hydrogen) atoms. The van der Waals surface area contributed by atoms with Crippen LogP contribution in [-0.2, 0) is 7.05 Å². The van der Waals surface area contributed by atoms with E-state index in [0.29, 0.717) is 0 Å². The number of aryl methyl sites for hydroxylation is 2. The molecule has 0 amide bonds. The topological polar surface area (TPSA) is 69.6 Å². The van der Waals surface area contributed by atoms with Gasteiger partial charge < -0.3 is 5.73 Å². The predicted molar refractivity (Wildman–Crippen MR) is 70.9 cm³/mol. The summed E-state index contributed by atoms with van der Waals surface area (Å²) in [5.41, 5.74) is 10.5. The molecule has 2 N–H and O–H groups in total. The van der Waals surface area contributed by atoms with Gasteiger partial charge in [0.25, 0.3) is 0 Å². The van der Waals surface area contributed by atoms with Gasteiger partial charge in [-0.15, -0.1) is 0 Å². The minimum absolute atomic E-state index is 0.736. The molecule has 0 saturated heterocycles. The van der Waals surface area contributed by atoms with Gasteiger partial charge in [-0.05, 0) is 24.6 Å². The molecule has 3 aromatic rings. The molecule has 0 saturated carbocycles. The van der Waals surface area contributed by atoms with Crippen LogP contribution in [0, 0.1) is 6.92 Å². The Morgan fingerprint density at radius 1 is 1.22 bits per heavy atom. The number of aromatic nitrogens is 4. The molecule has 5 nitrogen and oxygen atoms in total. The maximum absolute atomic E-state index is 6.16. The lowest BCUT2D eigenvalue weighted by atomic mass is 10.1. The van der Waals surface area contributed by atoms with Crippen LogP contribution in [-0.4, -0.2) is 19.7 Å². The first kappa shape index (κ1) is 10.7. The van der Waals surface area contributed by atoms with E-state index in [-0.39, 0.29) is 0 Å². The molecule has 0 aromatic carbocycles. The van der Waals surface area contributed by atoms with Gasteiger partial charge in [0.05, 0.1) is 5.39 Å². The molecule has 0 spiro atoms. The van der Waals surface area contributed by atoms with Crippen molar-refractivity contribution in [3.8, 4) is 11.3 Å². The van der Waals surface area contributed by atoms with Crippen molar-refractivity contribution in [2.24, 2.45) is 7.05 Å². The summed E-state index contributed by atoms with van der Waals surface area (Å²) in [5.74, 6) is 0. The summed E-state index contributed by atoms with van der Waals surface area (Å²) in [4.78, 5) is 8.41. The summed E-state index contributed by atoms with van der Waals surface area (Å²) in [6.07, 6.45) is 5.26. The van der Waals surface area contributed by atoms with Crippen LogP contribution >= 0.6 is 0 Å². The molecule has 0 unspecified atom stereocenters. The zero-order valence-electron chi connectivity index (χ0n) is 10.3. The lowest BCUT2D eigenvalue weighted by Gasteiger charge is -2.02. The van der Waals surface area contributed by atoms with Crippen molar-refractivity contribution in [3.63, 3.8) is 0 Å². The van der Waals surface area contributed by atoms with Crippen LogP contribution in [0.2, 0.25) is 0 Å². The van der Waals surface area contributed by atoms with Crippen molar-refractivity contribution in [1.29, 1.82) is 0 Å². The first-order chi connectivity index (χ1) is 8.68. The standard InChI is InChI=1S/C13H13N5/c1-8-7-16-13-10(11(8)14)12(17-18(13)2)9-3-5-15-6-4-9/h3-7H,1-2H3,(H2,14,16). The number of nitrogen functional groups attached to an aromatic ring is 1. The minimum Gasteiger partial charge on any atom is -0.398 e. The number of fused-ring (bicyclic) bond motifs is 1. The van der Waals surface area contributed by atoms with Gasteiger partial charge in [0, 0.05) is 36.9 Å². The quantitative estimate of drug-likeness (QED) is 0.704. The number of hydrogen-bond acceptors (Lipinski definition) is 4. The van der Waals surface area contributed by atoms with Crippen LogP contribution < -0.4 is 5.73 Å². The summed E-state index contributed by atoms with van der Waals surface area (Å²) in [6, 6.07) is 3.84. The second-order valence-electron chi connectivity index (χ2n) is 4.26. The summed E-state index contributed by atoms with van der Waals surface area (Å²) >= 11 is 0. The molecule has 0 bridgehead atoms. The van der Waals surface area contributed by atoms with E-state index in [9.17, 15) is 0 Å². The van der Waals surface area contributed by atoms with Crippen LogP contribution in [0.5, 0.6) is 0 Å². The number of pyridine rings is 2. The number of nitrogens with two attached hydrogens (primary N) is 1. The average Bonchev–Trinajstić information content (AvgIpc) is 2.73. The summed E-state index contributed by atoms with van der Waals surface area (Å²) in [6.45, 7) is 1.95. The molecule has 0 aliphatic heterocycles. The molecule has 0 aliphatic rings. The molecular weight excluding hydrogens is 226 g/mol. The van der Waals surface area contributed by atoms with Crippen LogP contribution in [0.1, 0.15) is 5.56 Å². The van der Waals surface area contributed by atoms with Crippen molar-refractivity contribution >= 4 is 16.7 Å². The Balaban J connectivity index is 2.41. The molecule has 3 aromatic heterocycles. The van der Waals surface area contributed by atoms with E-state index in [4.69, 9.17) is 5.73 Å². The summed E-state index contributed by atoms with van der Waals surface area (Å²) < 4.78 is 1.75. The molecule has 0 atom stereocenters. The van der Waals surface area contributed by atoms with Crippen molar-refractivity contribution in [1.82, 2.24) is 19.7 Å². The Morgan fingerprint density at radius 2 is 1.94 bits per heavy atom. The maximum Gasteiger partial charge on any atom is 0.160 e. The third-order valence-electron chi connectivity index (χ3n) is 3.05. The predicted octanol–water partition coefficient (Wildman–Crippen LogP) is 1.92. The number of nitrogens with zero attached hydrogens (tertiary/aromatic N) is 4. The van der Waals surface area contributed by atoms with Crippen LogP contribution in [0.4, 0.5) is 5.69 Å². The summed E-state index contributed by atoms with van der Waals surface area (Å²) in [5, 5.41) is 5.41. The smallest absolute Gasteiger partial charge is 0.160 e. The third kappa shape index (κ3) is 1.44. The monoisotopic (exact) mass is 239 g/mol. The molecule has 0 aliphatic carbocycles. The maximum atomic E-state index is 6.16. The molecule has 0 radical (unpaired) electrons. The zero-order chi connectivity index (χ0) is 12.7. The zero-order valence-corrected chi connectivity index (χ0v) is 10.3. The fourth-order valence-electron chi connectivity index (χ4n) is 2.05. The van der Waals surface area contributed by atoms with Gasteiger partial charge >= 0.3 is 0 Å². The SMILES string of the molecule is Cc1cnc2c(c(-c3ccncc3)nn2C)c1N. The van der Waals surface area contributed by atoms with E-state index >= 15 is 0 Å². The number of anilines is 1. The molecule has 3 heterocycles. The van der Waals surface area contributed by atoms with Gasteiger partial charge in [0.1, 0.15) is 5.69 Å². The molecule has 90 valence electrons. The fourth-order valence-corrected chi connectivity index (χ4v) is 2.05. The lowest BCUT2D eigenvalue weighted by molar-refractivity contribution is 0.789. The summed E-state index contributed by atoms with van der Waals surface area (Å²) in [7, 11) is 1.87. The average molecular weight is 239 g/mol. The van der Waals surface area contributed by atoms with E-state index in [0.717, 1.165) is 33.5 Å². The largest absolute Gasteiger partial charge is 0.398 e. The second kappa shape index (κ2) is 3.80. The molecule has 3 rings (SSSR count). The molecular formula is C13H13N5.